The molecule has 0 heterocycles. The van der Waals surface area contributed by atoms with Crippen molar-refractivity contribution < 1.29 is 31.1 Å². The topological polar surface area (TPSA) is 17.1 Å². The van der Waals surface area contributed by atoms with Crippen molar-refractivity contribution in [3.63, 3.8) is 0 Å². The zero-order chi connectivity index (χ0) is 15.6. The molecular weight excluding hydrogens is 326 g/mol. The second-order valence-corrected chi connectivity index (χ2v) is 5.75. The summed E-state index contributed by atoms with van der Waals surface area (Å²) in [6.07, 6.45) is 0.0574. The molecule has 9 heteroatoms. The number of rotatable bonds is 4. The quantitative estimate of drug-likeness (QED) is 0.411. The predicted molar refractivity (Wildman–Crippen MR) is 64.9 cm³/mol. The third kappa shape index (κ3) is 5.66. The van der Waals surface area contributed by atoms with E-state index in [2.05, 4.69) is 0 Å². The molecule has 112 valence electrons. The van der Waals surface area contributed by atoms with Crippen molar-refractivity contribution in [3.05, 3.63) is 23.8 Å². The molecule has 0 radical (unpaired) electrons. The molecule has 0 aromatic heterocycles. The Morgan fingerprint density at radius 2 is 1.50 bits per heavy atom. The Morgan fingerprint density at radius 3 is 1.95 bits per heavy atom. The molecule has 0 bridgehead atoms. The third-order valence-electron chi connectivity index (χ3n) is 2.04. The van der Waals surface area contributed by atoms with Gasteiger partial charge in [0.2, 0.25) is 0 Å². The molecule has 0 fully saturated rings. The van der Waals surface area contributed by atoms with Crippen LogP contribution in [0.4, 0.5) is 26.3 Å². The average molecular weight is 334 g/mol. The molecule has 0 aliphatic heterocycles. The molecule has 0 saturated heterocycles. The molecule has 0 N–H and O–H groups in total. The second-order valence-electron chi connectivity index (χ2n) is 3.53. The van der Waals surface area contributed by atoms with Crippen LogP contribution in [0.3, 0.4) is 0 Å². The van der Waals surface area contributed by atoms with E-state index in [1.807, 2.05) is 0 Å². The Morgan fingerprint density at radius 1 is 1.00 bits per heavy atom. The first-order chi connectivity index (χ1) is 9.02. The highest BCUT2D eigenvalue weighted by molar-refractivity contribution is 8.03. The molecule has 0 aliphatic rings. The first-order valence-corrected chi connectivity index (χ1v) is 6.84. The average Bonchev–Trinajstić information content (AvgIpc) is 2.26. The summed E-state index contributed by atoms with van der Waals surface area (Å²) in [6, 6.07) is 2.83. The minimum atomic E-state index is -4.73. The summed E-state index contributed by atoms with van der Waals surface area (Å²) >= 11 is -1.30. The maximum Gasteiger partial charge on any atom is 0.446 e. The first-order valence-electron chi connectivity index (χ1n) is 5.20. The lowest BCUT2D eigenvalue weighted by Gasteiger charge is -2.13. The van der Waals surface area contributed by atoms with Gasteiger partial charge in [-0.3, -0.25) is 4.79 Å². The molecule has 0 amide bonds. The zero-order valence-corrected chi connectivity index (χ0v) is 11.6. The summed E-state index contributed by atoms with van der Waals surface area (Å²) in [5.74, 6) is -0.433. The fourth-order valence-electron chi connectivity index (χ4n) is 1.30. The Hall–Kier alpha value is -0.830. The van der Waals surface area contributed by atoms with Crippen molar-refractivity contribution in [2.24, 2.45) is 0 Å². The van der Waals surface area contributed by atoms with E-state index in [-0.39, 0.29) is 12.0 Å². The number of hydrogen-bond acceptors (Lipinski definition) is 3. The van der Waals surface area contributed by atoms with Gasteiger partial charge >= 0.3 is 11.0 Å². The molecule has 1 rings (SSSR count). The molecule has 20 heavy (non-hydrogen) atoms. The second kappa shape index (κ2) is 6.30. The Kier molecular flexibility index (Phi) is 5.42. The molecule has 0 atom stereocenters. The number of Topliss-reactive ketones (excluding diaryl/α,β-unsaturated/α-hetero) is 1. The molecule has 1 aromatic rings. The minimum Gasteiger partial charge on any atom is -0.294 e. The molecule has 0 unspecified atom stereocenters. The van der Waals surface area contributed by atoms with Crippen LogP contribution in [0.25, 0.3) is 0 Å². The van der Waals surface area contributed by atoms with E-state index < -0.39 is 50.1 Å². The lowest BCUT2D eigenvalue weighted by Crippen LogP contribution is -2.05. The highest BCUT2D eigenvalue weighted by Crippen LogP contribution is 2.46. The van der Waals surface area contributed by atoms with Crippen molar-refractivity contribution in [2.75, 3.05) is 0 Å². The number of carbonyl (C=O) groups excluding carboxylic acids is 1. The lowest BCUT2D eigenvalue weighted by atomic mass is 10.1. The van der Waals surface area contributed by atoms with Crippen LogP contribution in [0, 0.1) is 0 Å². The summed E-state index contributed by atoms with van der Waals surface area (Å²) in [6.45, 7) is 1.51. The van der Waals surface area contributed by atoms with Crippen molar-refractivity contribution in [1.29, 1.82) is 0 Å². The van der Waals surface area contributed by atoms with E-state index >= 15 is 0 Å². The predicted octanol–water partition coefficient (Wildman–Crippen LogP) is 5.50. The molecule has 0 saturated carbocycles. The van der Waals surface area contributed by atoms with Gasteiger partial charge in [-0.15, -0.1) is 0 Å². The van der Waals surface area contributed by atoms with Crippen LogP contribution in [-0.2, 0) is 0 Å². The van der Waals surface area contributed by atoms with E-state index in [0.717, 1.165) is 18.2 Å². The number of benzene rings is 1. The van der Waals surface area contributed by atoms with E-state index in [9.17, 15) is 31.1 Å². The van der Waals surface area contributed by atoms with E-state index in [1.54, 1.807) is 0 Å². The summed E-state index contributed by atoms with van der Waals surface area (Å²) < 4.78 is 73.9. The fourth-order valence-corrected chi connectivity index (χ4v) is 2.70. The van der Waals surface area contributed by atoms with Gasteiger partial charge in [0.1, 0.15) is 0 Å². The Labute approximate surface area is 119 Å². The van der Waals surface area contributed by atoms with Gasteiger partial charge in [-0.2, -0.15) is 26.3 Å². The molecule has 1 aromatic carbocycles. The van der Waals surface area contributed by atoms with Gasteiger partial charge in [-0.05, 0) is 35.7 Å². The van der Waals surface area contributed by atoms with Crippen LogP contribution >= 0.6 is 23.5 Å². The monoisotopic (exact) mass is 334 g/mol. The van der Waals surface area contributed by atoms with Crippen LogP contribution in [0.2, 0.25) is 0 Å². The Balaban J connectivity index is 3.19. The van der Waals surface area contributed by atoms with Gasteiger partial charge in [-0.25, -0.2) is 0 Å². The maximum atomic E-state index is 12.4. The normalized spacial score (nSPS) is 12.6. The van der Waals surface area contributed by atoms with Gasteiger partial charge in [-0.1, -0.05) is 13.0 Å². The van der Waals surface area contributed by atoms with Crippen LogP contribution in [0.1, 0.15) is 23.7 Å². The van der Waals surface area contributed by atoms with Crippen molar-refractivity contribution in [1.82, 2.24) is 0 Å². The van der Waals surface area contributed by atoms with Gasteiger partial charge < -0.3 is 0 Å². The summed E-state index contributed by atoms with van der Waals surface area (Å²) in [5, 5.41) is 0. The largest absolute Gasteiger partial charge is 0.446 e. The van der Waals surface area contributed by atoms with Crippen LogP contribution < -0.4 is 0 Å². The number of carbonyl (C=O) groups is 1. The van der Waals surface area contributed by atoms with Gasteiger partial charge in [0.15, 0.2) is 5.78 Å². The fraction of sp³-hybridized carbons (Fsp3) is 0.364. The van der Waals surface area contributed by atoms with Crippen LogP contribution in [0.15, 0.2) is 28.0 Å². The highest BCUT2D eigenvalue weighted by atomic mass is 32.2. The molecular formula is C11H8F6OS2. The Bertz CT molecular complexity index is 495. The SMILES string of the molecule is CCC(=O)c1ccc(SC(F)(F)F)c(SC(F)(F)F)c1. The minimum absolute atomic E-state index is 0.0363. The molecule has 0 aliphatic carbocycles. The number of ketones is 1. The van der Waals surface area contributed by atoms with E-state index in [0.29, 0.717) is 0 Å². The highest BCUT2D eigenvalue weighted by Gasteiger charge is 2.35. The number of thioether (sulfide) groups is 2. The summed E-state index contributed by atoms with van der Waals surface area (Å²) in [7, 11) is 0. The van der Waals surface area contributed by atoms with Crippen LogP contribution in [0.5, 0.6) is 0 Å². The van der Waals surface area contributed by atoms with Crippen molar-refractivity contribution >= 4 is 29.3 Å². The maximum absolute atomic E-state index is 12.4. The third-order valence-corrected chi connectivity index (χ3v) is 3.76. The number of hydrogen-bond donors (Lipinski definition) is 0. The summed E-state index contributed by atoms with van der Waals surface area (Å²) in [5.41, 5.74) is -9.46. The van der Waals surface area contributed by atoms with Gasteiger partial charge in [0.05, 0.1) is 0 Å². The van der Waals surface area contributed by atoms with E-state index in [1.165, 1.54) is 6.92 Å². The number of halogens is 6. The first kappa shape index (κ1) is 17.2. The standard InChI is InChI=1S/C11H8F6OS2/c1-2-7(18)6-3-4-8(19-10(12,13)14)9(5-6)20-11(15,16)17/h3-5H,2H2,1H3. The van der Waals surface area contributed by atoms with Crippen molar-refractivity contribution in [3.8, 4) is 0 Å². The van der Waals surface area contributed by atoms with Crippen LogP contribution in [-0.4, -0.2) is 16.8 Å². The zero-order valence-electron chi connectivity index (χ0n) is 9.93. The molecule has 1 nitrogen and oxygen atoms in total. The van der Waals surface area contributed by atoms with Crippen molar-refractivity contribution in [2.45, 2.75) is 34.2 Å². The number of alkyl halides is 6. The van der Waals surface area contributed by atoms with E-state index in [4.69, 9.17) is 0 Å². The smallest absolute Gasteiger partial charge is 0.294 e. The lowest BCUT2D eigenvalue weighted by molar-refractivity contribution is -0.0346. The van der Waals surface area contributed by atoms with Gasteiger partial charge in [0.25, 0.3) is 0 Å². The molecule has 0 spiro atoms. The van der Waals surface area contributed by atoms with Gasteiger partial charge in [0, 0.05) is 21.8 Å². The summed E-state index contributed by atoms with van der Waals surface area (Å²) in [4.78, 5) is 10.2.